The van der Waals surface area contributed by atoms with Crippen molar-refractivity contribution in [3.05, 3.63) is 41.6 Å². The number of piperidine rings is 2. The Morgan fingerprint density at radius 2 is 1.88 bits per heavy atom. The summed E-state index contributed by atoms with van der Waals surface area (Å²) < 4.78 is 12.5. The zero-order valence-electron chi connectivity index (χ0n) is 20.4. The van der Waals surface area contributed by atoms with Gasteiger partial charge in [-0.3, -0.25) is 14.5 Å². The van der Waals surface area contributed by atoms with Crippen LogP contribution in [0.5, 0.6) is 5.75 Å². The van der Waals surface area contributed by atoms with E-state index in [0.29, 0.717) is 37.1 Å². The van der Waals surface area contributed by atoms with Crippen LogP contribution in [-0.4, -0.2) is 65.1 Å². The van der Waals surface area contributed by atoms with Crippen LogP contribution in [0, 0.1) is 0 Å². The first-order chi connectivity index (χ1) is 16.4. The lowest BCUT2D eigenvalue weighted by Gasteiger charge is -2.38. The van der Waals surface area contributed by atoms with E-state index < -0.39 is 6.04 Å². The van der Waals surface area contributed by atoms with Gasteiger partial charge in [-0.05, 0) is 82.6 Å². The molecular weight excluding hydrogens is 430 g/mol. The van der Waals surface area contributed by atoms with Gasteiger partial charge in [0.1, 0.15) is 17.9 Å². The third kappa shape index (κ3) is 4.73. The second-order valence-corrected chi connectivity index (χ2v) is 10.5. The minimum atomic E-state index is -0.434. The van der Waals surface area contributed by atoms with Gasteiger partial charge in [-0.25, -0.2) is 0 Å². The van der Waals surface area contributed by atoms with E-state index in [-0.39, 0.29) is 24.0 Å². The molecule has 3 atom stereocenters. The van der Waals surface area contributed by atoms with Crippen LogP contribution in [0.3, 0.4) is 0 Å². The lowest BCUT2D eigenvalue weighted by atomic mass is 10.0. The Morgan fingerprint density at radius 3 is 2.62 bits per heavy atom. The van der Waals surface area contributed by atoms with Crippen molar-refractivity contribution in [1.82, 2.24) is 15.1 Å². The number of ether oxygens (including phenoxy) is 2. The minimum absolute atomic E-state index is 0.0700. The third-order valence-electron chi connectivity index (χ3n) is 7.72. The molecule has 184 valence electrons. The summed E-state index contributed by atoms with van der Waals surface area (Å²) >= 11 is 0. The van der Waals surface area contributed by atoms with Gasteiger partial charge in [-0.2, -0.15) is 0 Å². The maximum atomic E-state index is 13.0. The van der Waals surface area contributed by atoms with Crippen molar-refractivity contribution in [3.63, 3.8) is 0 Å². The zero-order chi connectivity index (χ0) is 23.8. The molecule has 3 fully saturated rings. The van der Waals surface area contributed by atoms with E-state index in [1.807, 2.05) is 18.2 Å². The van der Waals surface area contributed by atoms with E-state index in [0.717, 1.165) is 49.4 Å². The van der Waals surface area contributed by atoms with Gasteiger partial charge in [0.05, 0.1) is 12.2 Å². The molecule has 0 aromatic heterocycles. The Hall–Kier alpha value is -2.38. The molecule has 3 unspecified atom stereocenters. The third-order valence-corrected chi connectivity index (χ3v) is 7.72. The van der Waals surface area contributed by atoms with Crippen LogP contribution < -0.4 is 10.1 Å². The number of hydrogen-bond acceptors (Lipinski definition) is 5. The molecule has 5 rings (SSSR count). The quantitative estimate of drug-likeness (QED) is 0.692. The van der Waals surface area contributed by atoms with E-state index >= 15 is 0 Å². The number of carbonyl (C=O) groups excluding carboxylic acids is 2. The first-order valence-electron chi connectivity index (χ1n) is 12.9. The second-order valence-electron chi connectivity index (χ2n) is 10.5. The molecule has 1 saturated carbocycles. The van der Waals surface area contributed by atoms with Crippen molar-refractivity contribution in [3.8, 4) is 5.75 Å². The molecule has 7 heteroatoms. The van der Waals surface area contributed by atoms with Gasteiger partial charge >= 0.3 is 0 Å². The van der Waals surface area contributed by atoms with Crippen molar-refractivity contribution in [1.29, 1.82) is 0 Å². The summed E-state index contributed by atoms with van der Waals surface area (Å²) in [5.74, 6) is 0.620. The topological polar surface area (TPSA) is 71.1 Å². The predicted molar refractivity (Wildman–Crippen MR) is 129 cm³/mol. The molecule has 1 aromatic carbocycles. The van der Waals surface area contributed by atoms with Crippen LogP contribution in [0.15, 0.2) is 30.5 Å². The Bertz CT molecular complexity index is 953. The maximum absolute atomic E-state index is 13.0. The molecule has 1 aromatic rings. The Morgan fingerprint density at radius 1 is 1.09 bits per heavy atom. The van der Waals surface area contributed by atoms with Gasteiger partial charge in [-0.15, -0.1) is 0 Å². The lowest BCUT2D eigenvalue weighted by Crippen LogP contribution is -2.49. The van der Waals surface area contributed by atoms with Crippen LogP contribution in [0.4, 0.5) is 0 Å². The number of hydrogen-bond donors (Lipinski definition) is 1. The minimum Gasteiger partial charge on any atom is -0.489 e. The van der Waals surface area contributed by atoms with Gasteiger partial charge in [0, 0.05) is 36.9 Å². The summed E-state index contributed by atoms with van der Waals surface area (Å²) in [5, 5.41) is 2.80. The van der Waals surface area contributed by atoms with E-state index in [9.17, 15) is 9.59 Å². The highest BCUT2D eigenvalue weighted by Crippen LogP contribution is 2.34. The fraction of sp³-hybridized carbons (Fsp3) is 0.630. The number of nitrogens with one attached hydrogen (secondary N) is 1. The first-order valence-corrected chi connectivity index (χ1v) is 12.9. The highest BCUT2D eigenvalue weighted by molar-refractivity contribution is 6.01. The molecule has 4 aliphatic rings. The van der Waals surface area contributed by atoms with Crippen LogP contribution in [-0.2, 0) is 16.1 Å². The molecule has 0 radical (unpaired) electrons. The van der Waals surface area contributed by atoms with Crippen molar-refractivity contribution in [2.75, 3.05) is 13.1 Å². The normalized spacial score (nSPS) is 28.5. The summed E-state index contributed by atoms with van der Waals surface area (Å²) in [5.41, 5.74) is 2.35. The number of likely N-dealkylation sites (tertiary alicyclic amines) is 1. The van der Waals surface area contributed by atoms with E-state index in [1.165, 1.54) is 12.8 Å². The summed E-state index contributed by atoms with van der Waals surface area (Å²) in [4.78, 5) is 29.7. The maximum Gasteiger partial charge on any atom is 0.255 e. The standard InChI is InChI=1S/C27H37N3O4/c1-17(2)33-20-11-13-29(14-12-20)23-5-4-6-25(23)34-21-8-9-22-19(15-21)16-30(27(22)32)24-10-7-18(3)28-26(24)31/h8-9,15,17,20,23-25H,3-7,10-14,16H2,1-2H3,(H,28,31). The Balaban J connectivity index is 1.22. The summed E-state index contributed by atoms with van der Waals surface area (Å²) in [6.07, 6.45) is 7.72. The van der Waals surface area contributed by atoms with E-state index in [4.69, 9.17) is 9.47 Å². The van der Waals surface area contributed by atoms with Gasteiger partial charge in [-0.1, -0.05) is 6.58 Å². The smallest absolute Gasteiger partial charge is 0.255 e. The monoisotopic (exact) mass is 467 g/mol. The van der Waals surface area contributed by atoms with Crippen molar-refractivity contribution in [2.24, 2.45) is 0 Å². The largest absolute Gasteiger partial charge is 0.489 e. The van der Waals surface area contributed by atoms with Crippen LogP contribution in [0.1, 0.15) is 74.7 Å². The number of nitrogens with zero attached hydrogens (tertiary/aromatic N) is 2. The molecule has 0 bridgehead atoms. The number of amides is 2. The van der Waals surface area contributed by atoms with Crippen LogP contribution in [0.25, 0.3) is 0 Å². The van der Waals surface area contributed by atoms with Crippen LogP contribution in [0.2, 0.25) is 0 Å². The summed E-state index contributed by atoms with van der Waals surface area (Å²) in [6.45, 7) is 10.6. The van der Waals surface area contributed by atoms with E-state index in [2.05, 4.69) is 30.6 Å². The highest BCUT2D eigenvalue weighted by Gasteiger charge is 2.39. The SMILES string of the molecule is C=C1CCC(N2Cc3cc(OC4CCCC4N4CCC(OC(C)C)CC4)ccc3C2=O)C(=O)N1. The number of carbonyl (C=O) groups is 2. The molecule has 0 spiro atoms. The predicted octanol–water partition coefficient (Wildman–Crippen LogP) is 3.62. The highest BCUT2D eigenvalue weighted by atomic mass is 16.5. The van der Waals surface area contributed by atoms with Crippen molar-refractivity contribution < 1.29 is 19.1 Å². The lowest BCUT2D eigenvalue weighted by molar-refractivity contribution is -0.126. The number of benzene rings is 1. The van der Waals surface area contributed by atoms with Gasteiger partial charge in [0.25, 0.3) is 5.91 Å². The second kappa shape index (κ2) is 9.70. The van der Waals surface area contributed by atoms with Crippen molar-refractivity contribution in [2.45, 2.75) is 95.7 Å². The summed E-state index contributed by atoms with van der Waals surface area (Å²) in [6, 6.07) is 5.79. The number of fused-ring (bicyclic) bond motifs is 1. The Labute approximate surface area is 202 Å². The molecule has 2 saturated heterocycles. The van der Waals surface area contributed by atoms with E-state index in [1.54, 1.807) is 4.90 Å². The fourth-order valence-electron chi connectivity index (χ4n) is 6.07. The zero-order valence-corrected chi connectivity index (χ0v) is 20.4. The fourth-order valence-corrected chi connectivity index (χ4v) is 6.07. The Kier molecular flexibility index (Phi) is 6.67. The molecule has 1 aliphatic carbocycles. The molecule has 7 nitrogen and oxygen atoms in total. The number of rotatable bonds is 6. The van der Waals surface area contributed by atoms with Crippen molar-refractivity contribution >= 4 is 11.8 Å². The number of allylic oxidation sites excluding steroid dienone is 1. The van der Waals surface area contributed by atoms with Gasteiger partial charge < -0.3 is 19.7 Å². The molecule has 3 aliphatic heterocycles. The molecular formula is C27H37N3O4. The summed E-state index contributed by atoms with van der Waals surface area (Å²) in [7, 11) is 0. The van der Waals surface area contributed by atoms with Crippen LogP contribution >= 0.6 is 0 Å². The molecule has 2 amide bonds. The molecule has 1 N–H and O–H groups in total. The first kappa shape index (κ1) is 23.4. The average molecular weight is 468 g/mol. The van der Waals surface area contributed by atoms with Gasteiger partial charge in [0.15, 0.2) is 0 Å². The average Bonchev–Trinajstić information content (AvgIpc) is 3.38. The molecule has 3 heterocycles. The van der Waals surface area contributed by atoms with Gasteiger partial charge in [0.2, 0.25) is 5.91 Å². The molecule has 34 heavy (non-hydrogen) atoms.